The third-order valence-corrected chi connectivity index (χ3v) is 2.88. The molecule has 4 heteroatoms. The molecule has 0 aliphatic heterocycles. The normalized spacial score (nSPS) is 10.8. The summed E-state index contributed by atoms with van der Waals surface area (Å²) < 4.78 is 1.71. The Kier molecular flexibility index (Phi) is 2.64. The van der Waals surface area contributed by atoms with Crippen molar-refractivity contribution in [2.45, 2.75) is 13.8 Å². The van der Waals surface area contributed by atoms with Crippen molar-refractivity contribution in [3.63, 3.8) is 0 Å². The van der Waals surface area contributed by atoms with Gasteiger partial charge in [0.2, 0.25) is 0 Å². The molecule has 0 spiro atoms. The highest BCUT2D eigenvalue weighted by molar-refractivity contribution is 6.35. The van der Waals surface area contributed by atoms with Gasteiger partial charge in [-0.05, 0) is 26.0 Å². The molecule has 0 amide bonds. The van der Waals surface area contributed by atoms with Crippen LogP contribution in [0.2, 0.25) is 5.02 Å². The fourth-order valence-electron chi connectivity index (χ4n) is 1.94. The Hall–Kier alpha value is -1.48. The van der Waals surface area contributed by atoms with Gasteiger partial charge in [-0.1, -0.05) is 28.8 Å². The van der Waals surface area contributed by atoms with Crippen molar-refractivity contribution in [2.24, 2.45) is 7.05 Å². The van der Waals surface area contributed by atoms with E-state index in [0.717, 1.165) is 11.3 Å². The van der Waals surface area contributed by atoms with Crippen LogP contribution in [0.1, 0.15) is 11.1 Å². The molecule has 0 unspecified atom stereocenters. The van der Waals surface area contributed by atoms with Gasteiger partial charge in [0.25, 0.3) is 0 Å². The van der Waals surface area contributed by atoms with E-state index in [0.29, 0.717) is 10.8 Å². The van der Waals surface area contributed by atoms with Gasteiger partial charge in [0.05, 0.1) is 5.69 Å². The topological polar surface area (TPSA) is 43.8 Å². The third kappa shape index (κ3) is 1.78. The van der Waals surface area contributed by atoms with Crippen LogP contribution in [0.5, 0.6) is 0 Å². The van der Waals surface area contributed by atoms with Crippen LogP contribution in [0.3, 0.4) is 0 Å². The van der Waals surface area contributed by atoms with Crippen molar-refractivity contribution in [2.75, 3.05) is 5.73 Å². The predicted molar refractivity (Wildman–Crippen MR) is 67.5 cm³/mol. The quantitative estimate of drug-likeness (QED) is 0.826. The molecule has 0 atom stereocenters. The van der Waals surface area contributed by atoms with Crippen LogP contribution in [-0.2, 0) is 7.05 Å². The highest BCUT2D eigenvalue weighted by atomic mass is 35.5. The van der Waals surface area contributed by atoms with Crippen molar-refractivity contribution < 1.29 is 0 Å². The summed E-state index contributed by atoms with van der Waals surface area (Å²) >= 11 is 6.14. The van der Waals surface area contributed by atoms with Crippen LogP contribution < -0.4 is 5.73 Å². The van der Waals surface area contributed by atoms with Gasteiger partial charge in [-0.2, -0.15) is 5.10 Å². The molecule has 0 aliphatic rings. The minimum Gasteiger partial charge on any atom is -0.381 e. The number of nitrogen functional groups attached to an aromatic ring is 1. The van der Waals surface area contributed by atoms with E-state index in [1.54, 1.807) is 4.68 Å². The first-order valence-corrected chi connectivity index (χ1v) is 5.43. The fourth-order valence-corrected chi connectivity index (χ4v) is 2.21. The monoisotopic (exact) mass is 235 g/mol. The number of benzene rings is 1. The van der Waals surface area contributed by atoms with E-state index in [-0.39, 0.29) is 0 Å². The summed E-state index contributed by atoms with van der Waals surface area (Å²) in [5.41, 5.74) is 10.0. The second-order valence-electron chi connectivity index (χ2n) is 4.05. The van der Waals surface area contributed by atoms with Gasteiger partial charge in [0, 0.05) is 12.6 Å². The van der Waals surface area contributed by atoms with Crippen molar-refractivity contribution in [3.8, 4) is 11.3 Å². The Bertz CT molecular complexity index is 523. The maximum absolute atomic E-state index is 6.14. The van der Waals surface area contributed by atoms with Gasteiger partial charge < -0.3 is 5.73 Å². The third-order valence-electron chi connectivity index (χ3n) is 2.51. The molecule has 2 rings (SSSR count). The summed E-state index contributed by atoms with van der Waals surface area (Å²) in [5.74, 6) is 0.373. The maximum Gasteiger partial charge on any atom is 0.164 e. The van der Waals surface area contributed by atoms with Crippen LogP contribution in [0.25, 0.3) is 11.3 Å². The number of hydrogen-bond acceptors (Lipinski definition) is 2. The summed E-state index contributed by atoms with van der Waals surface area (Å²) in [6, 6.07) is 6.28. The Labute approximate surface area is 99.8 Å². The van der Waals surface area contributed by atoms with Gasteiger partial charge in [-0.15, -0.1) is 0 Å². The lowest BCUT2D eigenvalue weighted by molar-refractivity contribution is 0.780. The number of hydrogen-bond donors (Lipinski definition) is 1. The van der Waals surface area contributed by atoms with Crippen molar-refractivity contribution >= 4 is 17.4 Å². The van der Waals surface area contributed by atoms with Gasteiger partial charge in [-0.3, -0.25) is 4.68 Å². The lowest BCUT2D eigenvalue weighted by Crippen LogP contribution is -1.95. The zero-order valence-corrected chi connectivity index (χ0v) is 10.3. The first kappa shape index (κ1) is 11.0. The number of aromatic nitrogens is 2. The number of rotatable bonds is 1. The van der Waals surface area contributed by atoms with E-state index < -0.39 is 0 Å². The highest BCUT2D eigenvalue weighted by Crippen LogP contribution is 2.32. The standard InChI is InChI=1S/C12H14ClN3/c1-7-4-8(2)6-9(5-7)11-10(13)12(14)15-16(11)3/h4-6H,1-3H3,(H2,14,15). The fraction of sp³-hybridized carbons (Fsp3) is 0.250. The molecule has 0 saturated heterocycles. The number of nitrogens with zero attached hydrogens (tertiary/aromatic N) is 2. The minimum atomic E-state index is 0.373. The van der Waals surface area contributed by atoms with Crippen molar-refractivity contribution in [1.82, 2.24) is 9.78 Å². The van der Waals surface area contributed by atoms with Gasteiger partial charge in [0.15, 0.2) is 5.82 Å². The second kappa shape index (κ2) is 3.83. The first-order valence-electron chi connectivity index (χ1n) is 5.05. The largest absolute Gasteiger partial charge is 0.381 e. The van der Waals surface area contributed by atoms with E-state index in [1.165, 1.54) is 11.1 Å². The van der Waals surface area contributed by atoms with E-state index in [1.807, 2.05) is 7.05 Å². The van der Waals surface area contributed by atoms with E-state index in [4.69, 9.17) is 17.3 Å². The Balaban J connectivity index is 2.67. The molecule has 0 fully saturated rings. The van der Waals surface area contributed by atoms with E-state index in [9.17, 15) is 0 Å². The number of aryl methyl sites for hydroxylation is 3. The summed E-state index contributed by atoms with van der Waals surface area (Å²) in [7, 11) is 1.84. The first-order chi connectivity index (χ1) is 7.49. The van der Waals surface area contributed by atoms with Crippen LogP contribution in [0.15, 0.2) is 18.2 Å². The summed E-state index contributed by atoms with van der Waals surface area (Å²) in [5, 5.41) is 4.63. The molecule has 0 aliphatic carbocycles. The van der Waals surface area contributed by atoms with Gasteiger partial charge >= 0.3 is 0 Å². The highest BCUT2D eigenvalue weighted by Gasteiger charge is 2.14. The molecule has 2 aromatic rings. The summed E-state index contributed by atoms with van der Waals surface area (Å²) in [4.78, 5) is 0. The predicted octanol–water partition coefficient (Wildman–Crippen LogP) is 2.94. The van der Waals surface area contributed by atoms with Crippen molar-refractivity contribution in [1.29, 1.82) is 0 Å². The van der Waals surface area contributed by atoms with Crippen LogP contribution in [0.4, 0.5) is 5.82 Å². The molecule has 0 radical (unpaired) electrons. The molecule has 0 bridgehead atoms. The van der Waals surface area contributed by atoms with Crippen LogP contribution in [-0.4, -0.2) is 9.78 Å². The van der Waals surface area contributed by atoms with Crippen LogP contribution >= 0.6 is 11.6 Å². The molecule has 1 aromatic heterocycles. The van der Waals surface area contributed by atoms with E-state index in [2.05, 4.69) is 37.1 Å². The SMILES string of the molecule is Cc1cc(C)cc(-c2c(Cl)c(N)nn2C)c1. The summed E-state index contributed by atoms with van der Waals surface area (Å²) in [6.07, 6.45) is 0. The van der Waals surface area contributed by atoms with E-state index >= 15 is 0 Å². The second-order valence-corrected chi connectivity index (χ2v) is 4.43. The molecule has 16 heavy (non-hydrogen) atoms. The lowest BCUT2D eigenvalue weighted by atomic mass is 10.1. The van der Waals surface area contributed by atoms with Crippen molar-refractivity contribution in [3.05, 3.63) is 34.3 Å². The Morgan fingerprint density at radius 1 is 1.19 bits per heavy atom. The zero-order chi connectivity index (χ0) is 11.9. The number of halogens is 1. The minimum absolute atomic E-state index is 0.373. The van der Waals surface area contributed by atoms with Gasteiger partial charge in [0.1, 0.15) is 5.02 Å². The zero-order valence-electron chi connectivity index (χ0n) is 9.58. The average Bonchev–Trinajstić information content (AvgIpc) is 2.39. The molecule has 84 valence electrons. The Morgan fingerprint density at radius 2 is 1.75 bits per heavy atom. The number of anilines is 1. The molecular weight excluding hydrogens is 222 g/mol. The number of nitrogens with two attached hydrogens (primary N) is 1. The smallest absolute Gasteiger partial charge is 0.164 e. The molecule has 2 N–H and O–H groups in total. The van der Waals surface area contributed by atoms with Crippen LogP contribution in [0, 0.1) is 13.8 Å². The van der Waals surface area contributed by atoms with Gasteiger partial charge in [-0.25, -0.2) is 0 Å². The summed E-state index contributed by atoms with van der Waals surface area (Å²) in [6.45, 7) is 4.12. The lowest BCUT2D eigenvalue weighted by Gasteiger charge is -2.06. The average molecular weight is 236 g/mol. The molecule has 3 nitrogen and oxygen atoms in total. The molecule has 0 saturated carbocycles. The maximum atomic E-state index is 6.14. The molecule has 1 heterocycles. The molecule has 1 aromatic carbocycles. The Morgan fingerprint density at radius 3 is 2.19 bits per heavy atom. The molecular formula is C12H14ClN3.